The van der Waals surface area contributed by atoms with E-state index in [0.717, 1.165) is 22.4 Å². The van der Waals surface area contributed by atoms with Crippen LogP contribution in [0.5, 0.6) is 5.75 Å². The number of H-pyrrole nitrogens is 1. The third kappa shape index (κ3) is 4.55. The number of ether oxygens (including phenoxy) is 1. The minimum absolute atomic E-state index is 0.00436. The summed E-state index contributed by atoms with van der Waals surface area (Å²) in [7, 11) is 1.41. The first-order valence-corrected chi connectivity index (χ1v) is 11.7. The molecule has 0 saturated carbocycles. The van der Waals surface area contributed by atoms with Crippen molar-refractivity contribution in [2.45, 2.75) is 19.4 Å². The zero-order chi connectivity index (χ0) is 26.1. The number of halogens is 3. The number of benzene rings is 3. The Labute approximate surface area is 211 Å². The van der Waals surface area contributed by atoms with Crippen LogP contribution in [0.2, 0.25) is 0 Å². The summed E-state index contributed by atoms with van der Waals surface area (Å²) in [6.07, 6.45) is 3.73. The number of aromatic amines is 1. The predicted molar refractivity (Wildman–Crippen MR) is 138 cm³/mol. The normalized spacial score (nSPS) is 12.0. The first-order valence-electron chi connectivity index (χ1n) is 11.7. The van der Waals surface area contributed by atoms with Crippen LogP contribution in [0.3, 0.4) is 0 Å². The minimum Gasteiger partial charge on any atom is -0.494 e. The van der Waals surface area contributed by atoms with Gasteiger partial charge in [0.15, 0.2) is 23.2 Å². The van der Waals surface area contributed by atoms with Gasteiger partial charge in [-0.2, -0.15) is 0 Å². The van der Waals surface area contributed by atoms with Crippen molar-refractivity contribution in [2.24, 2.45) is 0 Å². The van der Waals surface area contributed by atoms with Crippen molar-refractivity contribution in [1.29, 1.82) is 0 Å². The van der Waals surface area contributed by atoms with Crippen LogP contribution in [-0.2, 0) is 6.42 Å². The number of rotatable bonds is 7. The number of fused-ring (bicyclic) bond motifs is 1. The second kappa shape index (κ2) is 9.85. The summed E-state index contributed by atoms with van der Waals surface area (Å²) < 4.78 is 49.3. The molecule has 0 aliphatic rings. The van der Waals surface area contributed by atoms with Gasteiger partial charge in [0, 0.05) is 34.6 Å². The maximum absolute atomic E-state index is 15.6. The average molecular weight is 504 g/mol. The standard InChI is InChI=1S/C28H24F3N5O/c1-3-15-11-20(25(31)23(12-15)37-2)26(35-17-7-8-18-16(13-17)9-10-33-27(18)32)28-34-14-22(36-28)19-5-4-6-21(29)24(19)30/h4-14,26,35H,3H2,1-2H3,(H2,32,33)(H,34,36). The van der Waals surface area contributed by atoms with Gasteiger partial charge in [0.05, 0.1) is 12.8 Å². The van der Waals surface area contributed by atoms with Gasteiger partial charge in [-0.3, -0.25) is 0 Å². The predicted octanol–water partition coefficient (Wildman–Crippen LogP) is 6.40. The average Bonchev–Trinajstić information content (AvgIpc) is 3.39. The molecule has 6 nitrogen and oxygen atoms in total. The van der Waals surface area contributed by atoms with E-state index in [4.69, 9.17) is 10.5 Å². The molecular formula is C28H24F3N5O. The maximum atomic E-state index is 15.6. The Hall–Kier alpha value is -4.53. The van der Waals surface area contributed by atoms with Crippen molar-refractivity contribution in [1.82, 2.24) is 15.0 Å². The van der Waals surface area contributed by atoms with Crippen LogP contribution < -0.4 is 15.8 Å². The molecule has 0 saturated heterocycles. The zero-order valence-electron chi connectivity index (χ0n) is 20.1. The van der Waals surface area contributed by atoms with Crippen LogP contribution in [0.1, 0.15) is 29.9 Å². The second-order valence-corrected chi connectivity index (χ2v) is 8.54. The molecular weight excluding hydrogens is 479 g/mol. The highest BCUT2D eigenvalue weighted by atomic mass is 19.2. The van der Waals surface area contributed by atoms with Crippen LogP contribution in [0.4, 0.5) is 24.7 Å². The largest absolute Gasteiger partial charge is 0.494 e. The second-order valence-electron chi connectivity index (χ2n) is 8.54. The molecule has 5 rings (SSSR count). The molecule has 1 unspecified atom stereocenters. The molecule has 2 aromatic heterocycles. The highest BCUT2D eigenvalue weighted by Gasteiger charge is 2.25. The molecule has 3 aromatic carbocycles. The van der Waals surface area contributed by atoms with Crippen LogP contribution in [0.15, 0.2) is 67.0 Å². The van der Waals surface area contributed by atoms with Crippen LogP contribution in [0.25, 0.3) is 22.0 Å². The number of hydrogen-bond donors (Lipinski definition) is 3. The molecule has 188 valence electrons. The third-order valence-corrected chi connectivity index (χ3v) is 6.27. The monoisotopic (exact) mass is 503 g/mol. The Morgan fingerprint density at radius 3 is 2.68 bits per heavy atom. The number of nitrogens with two attached hydrogens (primary N) is 1. The number of anilines is 2. The molecule has 2 heterocycles. The van der Waals surface area contributed by atoms with Gasteiger partial charge in [-0.05, 0) is 59.8 Å². The molecule has 0 aliphatic heterocycles. The summed E-state index contributed by atoms with van der Waals surface area (Å²) in [5.41, 5.74) is 7.98. The molecule has 0 bridgehead atoms. The lowest BCUT2D eigenvalue weighted by Crippen LogP contribution is -2.16. The van der Waals surface area contributed by atoms with Crippen LogP contribution in [-0.4, -0.2) is 22.1 Å². The van der Waals surface area contributed by atoms with E-state index in [0.29, 0.717) is 23.8 Å². The number of imidazole rings is 1. The number of nitrogens with one attached hydrogen (secondary N) is 2. The number of aromatic nitrogens is 3. The maximum Gasteiger partial charge on any atom is 0.170 e. The molecule has 0 aliphatic carbocycles. The van der Waals surface area contributed by atoms with Crippen LogP contribution in [0, 0.1) is 17.5 Å². The van der Waals surface area contributed by atoms with E-state index in [2.05, 4.69) is 20.3 Å². The van der Waals surface area contributed by atoms with E-state index in [9.17, 15) is 8.78 Å². The Balaban J connectivity index is 1.64. The smallest absolute Gasteiger partial charge is 0.170 e. The Kier molecular flexibility index (Phi) is 6.43. The summed E-state index contributed by atoms with van der Waals surface area (Å²) in [5.74, 6) is -1.73. The number of nitrogens with zero attached hydrogens (tertiary/aromatic N) is 2. The Morgan fingerprint density at radius 2 is 1.89 bits per heavy atom. The minimum atomic E-state index is -1.01. The topological polar surface area (TPSA) is 88.8 Å². The van der Waals surface area contributed by atoms with E-state index >= 15 is 4.39 Å². The van der Waals surface area contributed by atoms with Crippen molar-refractivity contribution in [3.05, 3.63) is 101 Å². The fraction of sp³-hybridized carbons (Fsp3) is 0.143. The first-order chi connectivity index (χ1) is 17.9. The van der Waals surface area contributed by atoms with E-state index in [1.54, 1.807) is 18.3 Å². The molecule has 0 radical (unpaired) electrons. The van der Waals surface area contributed by atoms with E-state index in [1.807, 2.05) is 31.2 Å². The Bertz CT molecular complexity index is 1600. The fourth-order valence-corrected chi connectivity index (χ4v) is 4.32. The van der Waals surface area contributed by atoms with E-state index in [1.165, 1.54) is 25.4 Å². The third-order valence-electron chi connectivity index (χ3n) is 6.27. The lowest BCUT2D eigenvalue weighted by Gasteiger charge is -2.21. The van der Waals surface area contributed by atoms with Gasteiger partial charge in [0.25, 0.3) is 0 Å². The quantitative estimate of drug-likeness (QED) is 0.239. The van der Waals surface area contributed by atoms with Crippen molar-refractivity contribution in [2.75, 3.05) is 18.2 Å². The lowest BCUT2D eigenvalue weighted by atomic mass is 9.99. The summed E-state index contributed by atoms with van der Waals surface area (Å²) in [6, 6.07) is 13.8. The summed E-state index contributed by atoms with van der Waals surface area (Å²) in [4.78, 5) is 11.6. The first kappa shape index (κ1) is 24.2. The number of methoxy groups -OCH3 is 1. The van der Waals surface area contributed by atoms with E-state index < -0.39 is 23.5 Å². The van der Waals surface area contributed by atoms with Crippen molar-refractivity contribution in [3.8, 4) is 17.0 Å². The van der Waals surface area contributed by atoms with Crippen molar-refractivity contribution < 1.29 is 17.9 Å². The number of hydrogen-bond acceptors (Lipinski definition) is 5. The zero-order valence-corrected chi connectivity index (χ0v) is 20.1. The van der Waals surface area contributed by atoms with Gasteiger partial charge < -0.3 is 20.8 Å². The van der Waals surface area contributed by atoms with E-state index in [-0.39, 0.29) is 22.6 Å². The summed E-state index contributed by atoms with van der Waals surface area (Å²) in [6.45, 7) is 1.96. The van der Waals surface area contributed by atoms with Gasteiger partial charge >= 0.3 is 0 Å². The fourth-order valence-electron chi connectivity index (χ4n) is 4.32. The molecule has 0 fully saturated rings. The molecule has 0 amide bonds. The molecule has 5 aromatic rings. The van der Waals surface area contributed by atoms with Gasteiger partial charge in [0.1, 0.15) is 17.7 Å². The Morgan fingerprint density at radius 1 is 1.05 bits per heavy atom. The highest BCUT2D eigenvalue weighted by molar-refractivity contribution is 5.92. The summed E-state index contributed by atoms with van der Waals surface area (Å²) in [5, 5.41) is 4.97. The number of pyridine rings is 1. The van der Waals surface area contributed by atoms with Crippen molar-refractivity contribution in [3.63, 3.8) is 0 Å². The lowest BCUT2D eigenvalue weighted by molar-refractivity contribution is 0.383. The molecule has 0 spiro atoms. The van der Waals surface area contributed by atoms with Gasteiger partial charge in [-0.1, -0.05) is 19.1 Å². The van der Waals surface area contributed by atoms with Gasteiger partial charge in [-0.15, -0.1) is 0 Å². The summed E-state index contributed by atoms with van der Waals surface area (Å²) >= 11 is 0. The molecule has 4 N–H and O–H groups in total. The number of nitrogen functional groups attached to an aromatic ring is 1. The highest BCUT2D eigenvalue weighted by Crippen LogP contribution is 2.35. The van der Waals surface area contributed by atoms with Gasteiger partial charge in [0.2, 0.25) is 0 Å². The number of aryl methyl sites for hydroxylation is 1. The molecule has 9 heteroatoms. The van der Waals surface area contributed by atoms with Crippen molar-refractivity contribution >= 4 is 22.3 Å². The van der Waals surface area contributed by atoms with Crippen LogP contribution >= 0.6 is 0 Å². The SMILES string of the molecule is CCc1cc(OC)c(F)c(C(Nc2ccc3c(N)nccc3c2)c2nc(-c3cccc(F)c3F)c[nH]2)c1. The van der Waals surface area contributed by atoms with Gasteiger partial charge in [-0.25, -0.2) is 23.1 Å². The molecule has 37 heavy (non-hydrogen) atoms. The molecule has 1 atom stereocenters.